The molecule has 26 heavy (non-hydrogen) atoms. The molecule has 3 rings (SSSR count). The molecule has 5 heteroatoms. The number of methoxy groups -OCH3 is 1. The highest BCUT2D eigenvalue weighted by molar-refractivity contribution is 6.04. The summed E-state index contributed by atoms with van der Waals surface area (Å²) in [6.45, 7) is 6.87. The first-order valence-electron chi connectivity index (χ1n) is 8.58. The zero-order valence-corrected chi connectivity index (χ0v) is 15.5. The fraction of sp³-hybridized carbons (Fsp3) is 0.333. The summed E-state index contributed by atoms with van der Waals surface area (Å²) in [4.78, 5) is 17.4. The maximum Gasteiger partial charge on any atom is 0.365 e. The number of hydrogen-bond donors (Lipinski definition) is 0. The highest BCUT2D eigenvalue weighted by Crippen LogP contribution is 2.29. The first-order chi connectivity index (χ1) is 12.4. The van der Waals surface area contributed by atoms with Gasteiger partial charge in [0.1, 0.15) is 11.5 Å². The third-order valence-electron chi connectivity index (χ3n) is 4.32. The van der Waals surface area contributed by atoms with Gasteiger partial charge in [-0.05, 0) is 35.2 Å². The maximum absolute atomic E-state index is 12.3. The molecule has 136 valence electrons. The molecule has 1 aliphatic rings. The zero-order chi connectivity index (χ0) is 18.7. The zero-order valence-electron chi connectivity index (χ0n) is 15.5. The van der Waals surface area contributed by atoms with Gasteiger partial charge in [-0.15, -0.1) is 0 Å². The van der Waals surface area contributed by atoms with Crippen molar-refractivity contribution in [2.75, 3.05) is 13.7 Å². The molecule has 0 fully saturated rings. The van der Waals surface area contributed by atoms with Crippen molar-refractivity contribution in [1.29, 1.82) is 0 Å². The number of hydrogen-bond acceptors (Lipinski definition) is 5. The number of oxime groups is 1. The Hall–Kier alpha value is -2.82. The minimum Gasteiger partial charge on any atom is -0.497 e. The van der Waals surface area contributed by atoms with Gasteiger partial charge in [-0.25, -0.2) is 4.79 Å². The van der Waals surface area contributed by atoms with Gasteiger partial charge in [0.25, 0.3) is 0 Å². The van der Waals surface area contributed by atoms with Crippen LogP contribution in [0, 0.1) is 0 Å². The number of rotatable bonds is 3. The molecule has 0 saturated carbocycles. The van der Waals surface area contributed by atoms with Crippen LogP contribution in [0.4, 0.5) is 0 Å². The minimum absolute atomic E-state index is 0.0372. The average Bonchev–Trinajstić information content (AvgIpc) is 2.64. The van der Waals surface area contributed by atoms with Gasteiger partial charge in [-0.1, -0.05) is 38.1 Å². The number of ether oxygens (including phenoxy) is 2. The lowest BCUT2D eigenvalue weighted by Gasteiger charge is -2.19. The van der Waals surface area contributed by atoms with Crippen LogP contribution in [0.5, 0.6) is 11.5 Å². The summed E-state index contributed by atoms with van der Waals surface area (Å²) in [5.41, 5.74) is 3.17. The molecule has 1 aliphatic heterocycles. The first kappa shape index (κ1) is 18.0. The first-order valence-corrected chi connectivity index (χ1v) is 8.58. The lowest BCUT2D eigenvalue weighted by molar-refractivity contribution is 0.0514. The van der Waals surface area contributed by atoms with Crippen LogP contribution >= 0.6 is 0 Å². The van der Waals surface area contributed by atoms with Crippen LogP contribution in [-0.2, 0) is 10.3 Å². The maximum atomic E-state index is 12.3. The highest BCUT2D eigenvalue weighted by Gasteiger charge is 2.19. The van der Waals surface area contributed by atoms with Crippen LogP contribution in [0.1, 0.15) is 48.7 Å². The van der Waals surface area contributed by atoms with Gasteiger partial charge in [0.05, 0.1) is 25.0 Å². The Morgan fingerprint density at radius 2 is 1.85 bits per heavy atom. The molecule has 0 atom stereocenters. The summed E-state index contributed by atoms with van der Waals surface area (Å²) in [5, 5.41) is 4.07. The Morgan fingerprint density at radius 1 is 1.12 bits per heavy atom. The number of carbonyl (C=O) groups is 1. The van der Waals surface area contributed by atoms with E-state index in [1.165, 1.54) is 0 Å². The summed E-state index contributed by atoms with van der Waals surface area (Å²) in [5.74, 6) is 0.917. The second-order valence-corrected chi connectivity index (χ2v) is 7.20. The van der Waals surface area contributed by atoms with Crippen molar-refractivity contribution in [3.05, 3.63) is 59.2 Å². The van der Waals surface area contributed by atoms with Crippen molar-refractivity contribution in [3.8, 4) is 11.5 Å². The van der Waals surface area contributed by atoms with Crippen molar-refractivity contribution < 1.29 is 19.1 Å². The molecule has 5 nitrogen and oxygen atoms in total. The van der Waals surface area contributed by atoms with Gasteiger partial charge in [0.2, 0.25) is 0 Å². The summed E-state index contributed by atoms with van der Waals surface area (Å²) >= 11 is 0. The summed E-state index contributed by atoms with van der Waals surface area (Å²) in [6, 6.07) is 12.9. The molecule has 2 aromatic rings. The normalized spacial score (nSPS) is 15.2. The van der Waals surface area contributed by atoms with Crippen molar-refractivity contribution in [3.63, 3.8) is 0 Å². The Balaban J connectivity index is 1.75. The van der Waals surface area contributed by atoms with Crippen LogP contribution in [0.15, 0.2) is 47.6 Å². The molecule has 0 saturated heterocycles. The second kappa shape index (κ2) is 7.20. The topological polar surface area (TPSA) is 57.1 Å². The second-order valence-electron chi connectivity index (χ2n) is 7.20. The molecular weight excluding hydrogens is 330 g/mol. The van der Waals surface area contributed by atoms with Gasteiger partial charge in [-0.2, -0.15) is 0 Å². The fourth-order valence-corrected chi connectivity index (χ4v) is 2.73. The Kier molecular flexibility index (Phi) is 4.98. The molecule has 0 amide bonds. The lowest BCUT2D eigenvalue weighted by Crippen LogP contribution is -2.17. The molecule has 0 unspecified atom stereocenters. The van der Waals surface area contributed by atoms with Gasteiger partial charge >= 0.3 is 5.97 Å². The van der Waals surface area contributed by atoms with Crippen molar-refractivity contribution in [1.82, 2.24) is 0 Å². The van der Waals surface area contributed by atoms with Crippen LogP contribution in [0.25, 0.3) is 0 Å². The molecule has 0 spiro atoms. The fourth-order valence-electron chi connectivity index (χ4n) is 2.73. The van der Waals surface area contributed by atoms with Crippen LogP contribution in [-0.4, -0.2) is 25.4 Å². The van der Waals surface area contributed by atoms with E-state index in [1.54, 1.807) is 25.3 Å². The summed E-state index contributed by atoms with van der Waals surface area (Å²) in [7, 11) is 1.60. The van der Waals surface area contributed by atoms with Crippen LogP contribution in [0.2, 0.25) is 0 Å². The Bertz CT molecular complexity index is 832. The third-order valence-corrected chi connectivity index (χ3v) is 4.32. The monoisotopic (exact) mass is 353 g/mol. The standard InChI is InChI=1S/C21H23NO4/c1-21(2,3)15-7-5-14(6-8-15)20(23)26-22-18-11-12-25-19-13-16(24-4)9-10-17(18)19/h5-10,13H,11-12H2,1-4H3. The summed E-state index contributed by atoms with van der Waals surface area (Å²) < 4.78 is 10.8. The lowest BCUT2D eigenvalue weighted by atomic mass is 9.87. The SMILES string of the molecule is COc1ccc2c(c1)OCCC2=NOC(=O)c1ccc(C(C)(C)C)cc1. The van der Waals surface area contributed by atoms with E-state index in [0.29, 0.717) is 35.8 Å². The minimum atomic E-state index is -0.473. The van der Waals surface area contributed by atoms with Crippen molar-refractivity contribution in [2.24, 2.45) is 5.16 Å². The number of nitrogens with zero attached hydrogens (tertiary/aromatic N) is 1. The molecule has 0 aromatic heterocycles. The summed E-state index contributed by atoms with van der Waals surface area (Å²) in [6.07, 6.45) is 0.579. The van der Waals surface area contributed by atoms with Gasteiger partial charge in [-0.3, -0.25) is 0 Å². The van der Waals surface area contributed by atoms with Crippen LogP contribution in [0.3, 0.4) is 0 Å². The van der Waals surface area contributed by atoms with Gasteiger partial charge in [0, 0.05) is 18.1 Å². The average molecular weight is 353 g/mol. The van der Waals surface area contributed by atoms with E-state index in [9.17, 15) is 4.79 Å². The van der Waals surface area contributed by atoms with Crippen molar-refractivity contribution >= 4 is 11.7 Å². The molecule has 0 aliphatic carbocycles. The molecular formula is C21H23NO4. The van der Waals surface area contributed by atoms with E-state index in [0.717, 1.165) is 11.1 Å². The van der Waals surface area contributed by atoms with E-state index in [2.05, 4.69) is 25.9 Å². The predicted octanol–water partition coefficient (Wildman–Crippen LogP) is 4.34. The number of carbonyl (C=O) groups excluding carboxylic acids is 1. The smallest absolute Gasteiger partial charge is 0.365 e. The van der Waals surface area contributed by atoms with E-state index < -0.39 is 5.97 Å². The van der Waals surface area contributed by atoms with Gasteiger partial charge < -0.3 is 14.3 Å². The molecule has 0 N–H and O–H groups in total. The molecule has 2 aromatic carbocycles. The predicted molar refractivity (Wildman–Crippen MR) is 100 cm³/mol. The Labute approximate surface area is 153 Å². The van der Waals surface area contributed by atoms with E-state index >= 15 is 0 Å². The highest BCUT2D eigenvalue weighted by atomic mass is 16.7. The van der Waals surface area contributed by atoms with E-state index in [1.807, 2.05) is 24.3 Å². The number of benzene rings is 2. The van der Waals surface area contributed by atoms with E-state index in [-0.39, 0.29) is 5.41 Å². The largest absolute Gasteiger partial charge is 0.497 e. The Morgan fingerprint density at radius 3 is 2.50 bits per heavy atom. The van der Waals surface area contributed by atoms with Crippen molar-refractivity contribution in [2.45, 2.75) is 32.6 Å². The molecule has 0 bridgehead atoms. The number of fused-ring (bicyclic) bond motifs is 1. The van der Waals surface area contributed by atoms with Gasteiger partial charge in [0.15, 0.2) is 0 Å². The quantitative estimate of drug-likeness (QED) is 0.608. The molecule has 0 radical (unpaired) electrons. The third kappa shape index (κ3) is 3.87. The molecule has 1 heterocycles. The van der Waals surface area contributed by atoms with Crippen LogP contribution < -0.4 is 9.47 Å². The van der Waals surface area contributed by atoms with E-state index in [4.69, 9.17) is 14.3 Å².